The van der Waals surface area contributed by atoms with Gasteiger partial charge in [-0.05, 0) is 31.0 Å². The average molecular weight is 320 g/mol. The number of ether oxygens (including phenoxy) is 1. The van der Waals surface area contributed by atoms with Crippen molar-refractivity contribution in [3.8, 4) is 0 Å². The molecule has 1 unspecified atom stereocenters. The Morgan fingerprint density at radius 2 is 1.95 bits per heavy atom. The van der Waals surface area contributed by atoms with Crippen LogP contribution >= 0.6 is 0 Å². The number of nitrogens with one attached hydrogen (secondary N) is 1. The molecule has 1 aliphatic rings. The Kier molecular flexibility index (Phi) is 4.45. The van der Waals surface area contributed by atoms with E-state index in [4.69, 9.17) is 9.88 Å². The summed E-state index contributed by atoms with van der Waals surface area (Å²) >= 11 is 0. The van der Waals surface area contributed by atoms with E-state index in [0.717, 1.165) is 18.9 Å². The fraction of sp³-hybridized carbons (Fsp3) is 0.455. The number of benzene rings is 1. The zero-order valence-electron chi connectivity index (χ0n) is 10.7. The number of sulfonamides is 2. The standard InChI is InChI=1S/C11H16N2O5S2/c12-19(14,15)10-4-1-5-11(7-10)20(16,17)13-8-9-3-2-6-18-9/h1,4-5,7,9,13H,2-3,6,8H2,(H2,12,14,15). The van der Waals surface area contributed by atoms with E-state index in [1.807, 2.05) is 0 Å². The molecule has 1 heterocycles. The molecule has 1 fully saturated rings. The SMILES string of the molecule is NS(=O)(=O)c1cccc(S(=O)(=O)NCC2CCCO2)c1. The van der Waals surface area contributed by atoms with Gasteiger partial charge in [-0.25, -0.2) is 26.7 Å². The van der Waals surface area contributed by atoms with Gasteiger partial charge >= 0.3 is 0 Å². The number of hydrogen-bond donors (Lipinski definition) is 2. The van der Waals surface area contributed by atoms with E-state index in [9.17, 15) is 16.8 Å². The van der Waals surface area contributed by atoms with Crippen molar-refractivity contribution in [2.24, 2.45) is 5.14 Å². The van der Waals surface area contributed by atoms with E-state index >= 15 is 0 Å². The molecular weight excluding hydrogens is 304 g/mol. The van der Waals surface area contributed by atoms with Crippen LogP contribution in [0.5, 0.6) is 0 Å². The molecule has 0 aromatic heterocycles. The first-order chi connectivity index (χ1) is 9.29. The molecule has 0 aliphatic carbocycles. The van der Waals surface area contributed by atoms with Gasteiger partial charge in [0.15, 0.2) is 0 Å². The molecule has 112 valence electrons. The first kappa shape index (κ1) is 15.4. The lowest BCUT2D eigenvalue weighted by Crippen LogP contribution is -2.32. The van der Waals surface area contributed by atoms with Crippen molar-refractivity contribution in [3.05, 3.63) is 24.3 Å². The summed E-state index contributed by atoms with van der Waals surface area (Å²) in [5.41, 5.74) is 0. The lowest BCUT2D eigenvalue weighted by Gasteiger charge is -2.11. The second-order valence-corrected chi connectivity index (χ2v) is 7.84. The summed E-state index contributed by atoms with van der Waals surface area (Å²) in [4.78, 5) is -0.375. The third-order valence-electron chi connectivity index (χ3n) is 2.97. The Bertz CT molecular complexity index is 679. The fourth-order valence-corrected chi connectivity index (χ4v) is 3.66. The van der Waals surface area contributed by atoms with E-state index < -0.39 is 20.0 Å². The van der Waals surface area contributed by atoms with E-state index in [-0.39, 0.29) is 22.4 Å². The molecule has 0 bridgehead atoms. The van der Waals surface area contributed by atoms with Crippen molar-refractivity contribution in [2.45, 2.75) is 28.7 Å². The van der Waals surface area contributed by atoms with Crippen LogP contribution in [0.3, 0.4) is 0 Å². The minimum absolute atomic E-state index is 0.133. The molecule has 1 aromatic rings. The van der Waals surface area contributed by atoms with E-state index in [0.29, 0.717) is 6.61 Å². The highest BCUT2D eigenvalue weighted by Crippen LogP contribution is 2.16. The first-order valence-corrected chi connectivity index (χ1v) is 9.06. The maximum Gasteiger partial charge on any atom is 0.240 e. The molecule has 7 nitrogen and oxygen atoms in total. The number of rotatable bonds is 5. The quantitative estimate of drug-likeness (QED) is 0.779. The summed E-state index contributed by atoms with van der Waals surface area (Å²) in [7, 11) is -7.71. The fourth-order valence-electron chi connectivity index (χ4n) is 1.91. The van der Waals surface area contributed by atoms with Gasteiger partial charge in [-0.3, -0.25) is 0 Å². The Morgan fingerprint density at radius 1 is 1.25 bits per heavy atom. The highest BCUT2D eigenvalue weighted by molar-refractivity contribution is 7.90. The maximum atomic E-state index is 12.1. The van der Waals surface area contributed by atoms with Gasteiger partial charge in [-0.15, -0.1) is 0 Å². The molecule has 0 saturated carbocycles. The van der Waals surface area contributed by atoms with Crippen LogP contribution < -0.4 is 9.86 Å². The molecule has 20 heavy (non-hydrogen) atoms. The minimum Gasteiger partial charge on any atom is -0.377 e. The molecule has 1 saturated heterocycles. The third-order valence-corrected chi connectivity index (χ3v) is 5.30. The second kappa shape index (κ2) is 5.78. The monoisotopic (exact) mass is 320 g/mol. The van der Waals surface area contributed by atoms with E-state index in [1.54, 1.807) is 0 Å². The Labute approximate surface area is 118 Å². The van der Waals surface area contributed by atoms with Gasteiger partial charge in [-0.1, -0.05) is 6.07 Å². The van der Waals surface area contributed by atoms with E-state index in [1.165, 1.54) is 18.2 Å². The molecule has 1 atom stereocenters. The molecule has 9 heteroatoms. The Balaban J connectivity index is 2.16. The van der Waals surface area contributed by atoms with Crippen molar-refractivity contribution in [1.82, 2.24) is 4.72 Å². The average Bonchev–Trinajstić information content (AvgIpc) is 2.89. The zero-order valence-corrected chi connectivity index (χ0v) is 12.3. The van der Waals surface area contributed by atoms with Gasteiger partial charge in [0, 0.05) is 13.2 Å². The highest BCUT2D eigenvalue weighted by atomic mass is 32.2. The van der Waals surface area contributed by atoms with E-state index in [2.05, 4.69) is 4.72 Å². The number of primary sulfonamides is 1. The first-order valence-electron chi connectivity index (χ1n) is 6.03. The van der Waals surface area contributed by atoms with Crippen LogP contribution in [-0.2, 0) is 24.8 Å². The molecule has 0 spiro atoms. The summed E-state index contributed by atoms with van der Waals surface area (Å²) < 4.78 is 54.3. The summed E-state index contributed by atoms with van der Waals surface area (Å²) in [6.07, 6.45) is 1.58. The van der Waals surface area contributed by atoms with Crippen molar-refractivity contribution in [2.75, 3.05) is 13.2 Å². The van der Waals surface area contributed by atoms with Gasteiger partial charge in [-0.2, -0.15) is 0 Å². The zero-order chi connectivity index (χ0) is 14.8. The smallest absolute Gasteiger partial charge is 0.240 e. The Hall–Kier alpha value is -1.00. The second-order valence-electron chi connectivity index (χ2n) is 4.51. The van der Waals surface area contributed by atoms with Crippen LogP contribution in [0.4, 0.5) is 0 Å². The molecule has 3 N–H and O–H groups in total. The lowest BCUT2D eigenvalue weighted by atomic mass is 10.2. The molecule has 1 aliphatic heterocycles. The van der Waals surface area contributed by atoms with Crippen molar-refractivity contribution < 1.29 is 21.6 Å². The largest absolute Gasteiger partial charge is 0.377 e. The molecule has 0 radical (unpaired) electrons. The normalized spacial score (nSPS) is 20.1. The van der Waals surface area contributed by atoms with Gasteiger partial charge in [0.2, 0.25) is 20.0 Å². The maximum absolute atomic E-state index is 12.1. The van der Waals surface area contributed by atoms with Crippen LogP contribution in [0, 0.1) is 0 Å². The molecular formula is C11H16N2O5S2. The Morgan fingerprint density at radius 3 is 2.55 bits per heavy atom. The summed E-state index contributed by atoms with van der Waals surface area (Å²) in [6.45, 7) is 0.801. The van der Waals surface area contributed by atoms with Crippen molar-refractivity contribution >= 4 is 20.0 Å². The van der Waals surface area contributed by atoms with Crippen LogP contribution in [-0.4, -0.2) is 36.1 Å². The van der Waals surface area contributed by atoms with Crippen LogP contribution in [0.2, 0.25) is 0 Å². The highest BCUT2D eigenvalue weighted by Gasteiger charge is 2.21. The van der Waals surface area contributed by atoms with Gasteiger partial charge in [0.25, 0.3) is 0 Å². The molecule has 2 rings (SSSR count). The number of hydrogen-bond acceptors (Lipinski definition) is 5. The van der Waals surface area contributed by atoms with Gasteiger partial charge in [0.1, 0.15) is 0 Å². The number of nitrogens with two attached hydrogens (primary N) is 1. The lowest BCUT2D eigenvalue weighted by molar-refractivity contribution is 0.114. The summed E-state index contributed by atoms with van der Waals surface area (Å²) in [6, 6.07) is 4.93. The summed E-state index contributed by atoms with van der Waals surface area (Å²) in [5.74, 6) is 0. The third kappa shape index (κ3) is 3.76. The predicted molar refractivity (Wildman–Crippen MR) is 72.0 cm³/mol. The minimum atomic E-state index is -3.93. The van der Waals surface area contributed by atoms with Crippen molar-refractivity contribution in [1.29, 1.82) is 0 Å². The van der Waals surface area contributed by atoms with Gasteiger partial charge < -0.3 is 4.74 Å². The van der Waals surface area contributed by atoms with Crippen LogP contribution in [0.25, 0.3) is 0 Å². The van der Waals surface area contributed by atoms with Crippen molar-refractivity contribution in [3.63, 3.8) is 0 Å². The van der Waals surface area contributed by atoms with Gasteiger partial charge in [0.05, 0.1) is 15.9 Å². The van der Waals surface area contributed by atoms with Crippen LogP contribution in [0.1, 0.15) is 12.8 Å². The predicted octanol–water partition coefficient (Wildman–Crippen LogP) is -0.209. The van der Waals surface area contributed by atoms with Crippen LogP contribution in [0.15, 0.2) is 34.1 Å². The topological polar surface area (TPSA) is 116 Å². The summed E-state index contributed by atoms with van der Waals surface area (Å²) in [5, 5.41) is 4.98. The molecule has 0 amide bonds. The molecule has 1 aromatic carbocycles.